The Morgan fingerprint density at radius 1 is 1.14 bits per heavy atom. The van der Waals surface area contributed by atoms with Crippen LogP contribution in [0.5, 0.6) is 0 Å². The number of aliphatic hydroxyl groups is 1. The Labute approximate surface area is 130 Å². The van der Waals surface area contributed by atoms with Crippen LogP contribution < -0.4 is 0 Å². The van der Waals surface area contributed by atoms with Gasteiger partial charge in [0.1, 0.15) is 6.61 Å². The third-order valence-corrected chi connectivity index (χ3v) is 4.00. The highest BCUT2D eigenvalue weighted by Gasteiger charge is 2.23. The van der Waals surface area contributed by atoms with Crippen LogP contribution in [0.15, 0.2) is 48.5 Å². The van der Waals surface area contributed by atoms with E-state index in [0.29, 0.717) is 13.1 Å². The van der Waals surface area contributed by atoms with Crippen LogP contribution in [0.25, 0.3) is 0 Å². The molecule has 0 bridgehead atoms. The summed E-state index contributed by atoms with van der Waals surface area (Å²) < 4.78 is 5.38. The van der Waals surface area contributed by atoms with Crippen molar-refractivity contribution in [1.29, 1.82) is 0 Å². The van der Waals surface area contributed by atoms with E-state index in [-0.39, 0.29) is 19.3 Å². The van der Waals surface area contributed by atoms with Crippen LogP contribution >= 0.6 is 0 Å². The third-order valence-electron chi connectivity index (χ3n) is 4.00. The molecule has 3 rings (SSSR count). The molecule has 114 valence electrons. The van der Waals surface area contributed by atoms with Crippen LogP contribution in [-0.4, -0.2) is 22.6 Å². The standard InChI is InChI=1S/C18H19NO3/c20-12-16-8-4-7-15-9-10-19(11-17(15)16)18(21)22-13-14-5-2-1-3-6-14/h1-8,20H,9-13H2. The normalized spacial score (nSPS) is 13.6. The molecule has 0 spiro atoms. The number of carbonyl (C=O) groups excluding carboxylic acids is 1. The lowest BCUT2D eigenvalue weighted by Gasteiger charge is -2.29. The molecule has 1 aliphatic rings. The molecule has 0 radical (unpaired) electrons. The number of aliphatic hydroxyl groups excluding tert-OH is 1. The number of nitrogens with zero attached hydrogens (tertiary/aromatic N) is 1. The molecular weight excluding hydrogens is 278 g/mol. The SMILES string of the molecule is O=C(OCc1ccccc1)N1CCc2cccc(CO)c2C1. The van der Waals surface area contributed by atoms with Crippen LogP contribution in [0.2, 0.25) is 0 Å². The smallest absolute Gasteiger partial charge is 0.410 e. The van der Waals surface area contributed by atoms with Gasteiger partial charge in [-0.15, -0.1) is 0 Å². The number of amides is 1. The zero-order valence-electron chi connectivity index (χ0n) is 12.4. The van der Waals surface area contributed by atoms with E-state index >= 15 is 0 Å². The molecular formula is C18H19NO3. The van der Waals surface area contributed by atoms with Gasteiger partial charge in [-0.05, 0) is 28.7 Å². The second-order valence-electron chi connectivity index (χ2n) is 5.42. The third kappa shape index (κ3) is 3.12. The molecule has 1 N–H and O–H groups in total. The molecule has 0 saturated carbocycles. The molecule has 0 fully saturated rings. The van der Waals surface area contributed by atoms with E-state index in [1.807, 2.05) is 42.5 Å². The van der Waals surface area contributed by atoms with E-state index in [0.717, 1.165) is 23.1 Å². The van der Waals surface area contributed by atoms with Gasteiger partial charge in [0.15, 0.2) is 0 Å². The van der Waals surface area contributed by atoms with Gasteiger partial charge >= 0.3 is 6.09 Å². The van der Waals surface area contributed by atoms with Crippen molar-refractivity contribution in [3.8, 4) is 0 Å². The quantitative estimate of drug-likeness (QED) is 0.947. The first-order chi connectivity index (χ1) is 10.8. The Hall–Kier alpha value is -2.33. The van der Waals surface area contributed by atoms with Crippen molar-refractivity contribution >= 4 is 6.09 Å². The predicted octanol–water partition coefficient (Wildman–Crippen LogP) is 2.87. The number of fused-ring (bicyclic) bond motifs is 1. The monoisotopic (exact) mass is 297 g/mol. The van der Waals surface area contributed by atoms with Gasteiger partial charge in [-0.25, -0.2) is 4.79 Å². The minimum Gasteiger partial charge on any atom is -0.445 e. The summed E-state index contributed by atoms with van der Waals surface area (Å²) in [4.78, 5) is 13.9. The fourth-order valence-corrected chi connectivity index (χ4v) is 2.77. The molecule has 22 heavy (non-hydrogen) atoms. The maximum atomic E-state index is 12.2. The second-order valence-corrected chi connectivity index (χ2v) is 5.42. The average molecular weight is 297 g/mol. The lowest BCUT2D eigenvalue weighted by molar-refractivity contribution is 0.0915. The first kappa shape index (κ1) is 14.6. The van der Waals surface area contributed by atoms with E-state index in [9.17, 15) is 9.90 Å². The van der Waals surface area contributed by atoms with E-state index in [1.165, 1.54) is 5.56 Å². The van der Waals surface area contributed by atoms with Crippen LogP contribution in [0, 0.1) is 0 Å². The van der Waals surface area contributed by atoms with Gasteiger partial charge in [-0.2, -0.15) is 0 Å². The Morgan fingerprint density at radius 3 is 2.73 bits per heavy atom. The van der Waals surface area contributed by atoms with Gasteiger partial charge in [0, 0.05) is 13.1 Å². The van der Waals surface area contributed by atoms with Crippen molar-refractivity contribution in [3.05, 3.63) is 70.8 Å². The minimum absolute atomic E-state index is 0.00389. The summed E-state index contributed by atoms with van der Waals surface area (Å²) in [5, 5.41) is 9.44. The molecule has 1 heterocycles. The first-order valence-electron chi connectivity index (χ1n) is 7.44. The summed E-state index contributed by atoms with van der Waals surface area (Å²) in [5.41, 5.74) is 4.12. The molecule has 0 aliphatic carbocycles. The molecule has 1 aliphatic heterocycles. The van der Waals surface area contributed by atoms with E-state index in [1.54, 1.807) is 4.90 Å². The van der Waals surface area contributed by atoms with Crippen molar-refractivity contribution in [3.63, 3.8) is 0 Å². The summed E-state index contributed by atoms with van der Waals surface area (Å²) in [7, 11) is 0. The van der Waals surface area contributed by atoms with Crippen molar-refractivity contribution in [2.45, 2.75) is 26.2 Å². The molecule has 2 aromatic rings. The Kier molecular flexibility index (Phi) is 4.39. The summed E-state index contributed by atoms with van der Waals surface area (Å²) in [6, 6.07) is 15.6. The summed E-state index contributed by atoms with van der Waals surface area (Å²) in [5.74, 6) is 0. The van der Waals surface area contributed by atoms with Crippen molar-refractivity contribution in [2.24, 2.45) is 0 Å². The highest BCUT2D eigenvalue weighted by atomic mass is 16.6. The van der Waals surface area contributed by atoms with Crippen LogP contribution in [-0.2, 0) is 30.9 Å². The topological polar surface area (TPSA) is 49.8 Å². The van der Waals surface area contributed by atoms with Crippen LogP contribution in [0.1, 0.15) is 22.3 Å². The fourth-order valence-electron chi connectivity index (χ4n) is 2.77. The number of ether oxygens (including phenoxy) is 1. The molecule has 4 heteroatoms. The molecule has 0 atom stereocenters. The van der Waals surface area contributed by atoms with Gasteiger partial charge in [-0.1, -0.05) is 48.5 Å². The molecule has 0 saturated heterocycles. The first-order valence-corrected chi connectivity index (χ1v) is 7.44. The maximum absolute atomic E-state index is 12.2. The Morgan fingerprint density at radius 2 is 1.95 bits per heavy atom. The predicted molar refractivity (Wildman–Crippen MR) is 83.1 cm³/mol. The highest BCUT2D eigenvalue weighted by Crippen LogP contribution is 2.23. The van der Waals surface area contributed by atoms with Gasteiger partial charge in [0.2, 0.25) is 0 Å². The average Bonchev–Trinajstić information content (AvgIpc) is 2.59. The molecule has 2 aromatic carbocycles. The van der Waals surface area contributed by atoms with E-state index in [4.69, 9.17) is 4.74 Å². The summed E-state index contributed by atoms with van der Waals surface area (Å²) >= 11 is 0. The number of carbonyl (C=O) groups is 1. The maximum Gasteiger partial charge on any atom is 0.410 e. The minimum atomic E-state index is -0.303. The zero-order chi connectivity index (χ0) is 15.4. The summed E-state index contributed by atoms with van der Waals surface area (Å²) in [6.45, 7) is 1.43. The number of hydrogen-bond acceptors (Lipinski definition) is 3. The molecule has 0 aromatic heterocycles. The number of hydrogen-bond donors (Lipinski definition) is 1. The largest absolute Gasteiger partial charge is 0.445 e. The summed E-state index contributed by atoms with van der Waals surface area (Å²) in [6.07, 6.45) is 0.492. The molecule has 0 unspecified atom stereocenters. The van der Waals surface area contributed by atoms with Crippen molar-refractivity contribution < 1.29 is 14.6 Å². The molecule has 1 amide bonds. The van der Waals surface area contributed by atoms with E-state index < -0.39 is 0 Å². The Balaban J connectivity index is 1.65. The van der Waals surface area contributed by atoms with Crippen molar-refractivity contribution in [2.75, 3.05) is 6.54 Å². The fraction of sp³-hybridized carbons (Fsp3) is 0.278. The number of benzene rings is 2. The second kappa shape index (κ2) is 6.62. The van der Waals surface area contributed by atoms with Gasteiger partial charge < -0.3 is 14.7 Å². The Bertz CT molecular complexity index is 640. The van der Waals surface area contributed by atoms with Gasteiger partial charge in [0.25, 0.3) is 0 Å². The van der Waals surface area contributed by atoms with Gasteiger partial charge in [0.05, 0.1) is 6.61 Å². The zero-order valence-corrected chi connectivity index (χ0v) is 12.4. The van der Waals surface area contributed by atoms with Crippen LogP contribution in [0.4, 0.5) is 4.79 Å². The number of rotatable bonds is 3. The van der Waals surface area contributed by atoms with Gasteiger partial charge in [-0.3, -0.25) is 0 Å². The molecule has 4 nitrogen and oxygen atoms in total. The van der Waals surface area contributed by atoms with E-state index in [2.05, 4.69) is 6.07 Å². The van der Waals surface area contributed by atoms with Crippen molar-refractivity contribution in [1.82, 2.24) is 4.90 Å². The lowest BCUT2D eigenvalue weighted by Crippen LogP contribution is -2.36. The van der Waals surface area contributed by atoms with Crippen LogP contribution in [0.3, 0.4) is 0 Å². The highest BCUT2D eigenvalue weighted by molar-refractivity contribution is 5.68. The lowest BCUT2D eigenvalue weighted by atomic mass is 9.95.